The molecule has 2 heterocycles. The number of carbonyl (C=O) groups is 3. The Bertz CT molecular complexity index is 970. The van der Waals surface area contributed by atoms with Gasteiger partial charge in [-0.15, -0.1) is 0 Å². The van der Waals surface area contributed by atoms with Crippen LogP contribution in [0.15, 0.2) is 72.9 Å². The molecule has 0 bridgehead atoms. The summed E-state index contributed by atoms with van der Waals surface area (Å²) in [6.45, 7) is 3.05. The fraction of sp³-hybridized carbons (Fsp3) is 0.559. The first-order chi connectivity index (χ1) is 20.6. The van der Waals surface area contributed by atoms with Gasteiger partial charge in [0.2, 0.25) is 11.8 Å². The largest absolute Gasteiger partial charge is 0.354 e. The van der Waals surface area contributed by atoms with E-state index in [4.69, 9.17) is 0 Å². The van der Waals surface area contributed by atoms with Crippen molar-refractivity contribution in [3.8, 4) is 0 Å². The van der Waals surface area contributed by atoms with Crippen molar-refractivity contribution in [3.63, 3.8) is 0 Å². The van der Waals surface area contributed by atoms with E-state index in [-0.39, 0.29) is 29.9 Å². The van der Waals surface area contributed by atoms with Crippen LogP contribution in [0.25, 0.3) is 0 Å². The standard InChI is InChI=1S/C34H52N4O3S/c1-2-3-4-5-6-7-8-9-10-11-12-13-14-15-16-17-18-19-20-24-31(39)35-26-27-36-32(40)25-22-21-23-30-33-29(28-42-30)37-34(41)38-33/h3-4,6-7,9-10,12-13,15-16,18-19,29-30,33H,2,5,8,11,14,17,20-28H2,1H3,(H,35,39)(H,36,40)(H2,37,38,41)/b4-3-,7-6-,10-9-,13-12-,16-15-,19-18-/t29-,30-,33-/m0/s1. The number of amides is 4. The first kappa shape index (κ1) is 35.2. The van der Waals surface area contributed by atoms with Gasteiger partial charge >= 0.3 is 6.03 Å². The molecule has 4 amide bonds. The molecule has 42 heavy (non-hydrogen) atoms. The van der Waals surface area contributed by atoms with Crippen LogP contribution in [0.1, 0.15) is 84.0 Å². The lowest BCUT2D eigenvalue weighted by Gasteiger charge is -2.16. The summed E-state index contributed by atoms with van der Waals surface area (Å²) < 4.78 is 0. The molecule has 2 rings (SSSR count). The van der Waals surface area contributed by atoms with Crippen LogP contribution in [0, 0.1) is 0 Å². The van der Waals surface area contributed by atoms with Crippen molar-refractivity contribution < 1.29 is 14.4 Å². The highest BCUT2D eigenvalue weighted by atomic mass is 32.2. The molecule has 232 valence electrons. The Hall–Kier alpha value is -3.00. The molecule has 0 aromatic rings. The molecule has 0 saturated carbocycles. The number of urea groups is 1. The minimum absolute atomic E-state index is 0.00430. The van der Waals surface area contributed by atoms with Gasteiger partial charge in [0.05, 0.1) is 12.1 Å². The Morgan fingerprint density at radius 2 is 1.26 bits per heavy atom. The van der Waals surface area contributed by atoms with Gasteiger partial charge in [0.1, 0.15) is 0 Å². The van der Waals surface area contributed by atoms with Gasteiger partial charge in [-0.1, -0.05) is 86.3 Å². The number of fused-ring (bicyclic) bond motifs is 1. The summed E-state index contributed by atoms with van der Waals surface area (Å²) in [4.78, 5) is 35.5. The highest BCUT2D eigenvalue weighted by Gasteiger charge is 2.42. The molecule has 0 aromatic carbocycles. The maximum atomic E-state index is 12.0. The summed E-state index contributed by atoms with van der Waals surface area (Å²) in [6.07, 6.45) is 36.4. The molecular weight excluding hydrogens is 544 g/mol. The van der Waals surface area contributed by atoms with Crippen LogP contribution < -0.4 is 21.3 Å². The number of hydrogen-bond acceptors (Lipinski definition) is 4. The van der Waals surface area contributed by atoms with Gasteiger partial charge in [-0.3, -0.25) is 9.59 Å². The highest BCUT2D eigenvalue weighted by molar-refractivity contribution is 8.00. The Morgan fingerprint density at radius 1 is 0.738 bits per heavy atom. The Kier molecular flexibility index (Phi) is 19.7. The topological polar surface area (TPSA) is 99.3 Å². The normalized spacial score (nSPS) is 20.5. The van der Waals surface area contributed by atoms with Gasteiger partial charge < -0.3 is 21.3 Å². The fourth-order valence-electron chi connectivity index (χ4n) is 4.71. The van der Waals surface area contributed by atoms with E-state index in [1.807, 2.05) is 17.8 Å². The van der Waals surface area contributed by atoms with Crippen LogP contribution in [0.4, 0.5) is 4.79 Å². The third kappa shape index (κ3) is 17.1. The molecule has 0 aromatic heterocycles. The Morgan fingerprint density at radius 3 is 1.83 bits per heavy atom. The van der Waals surface area contributed by atoms with Crippen LogP contribution >= 0.6 is 11.8 Å². The molecule has 3 atom stereocenters. The monoisotopic (exact) mass is 596 g/mol. The molecule has 2 fully saturated rings. The molecule has 0 unspecified atom stereocenters. The molecule has 7 nitrogen and oxygen atoms in total. The second-order valence-corrected chi connectivity index (χ2v) is 11.8. The second-order valence-electron chi connectivity index (χ2n) is 10.5. The zero-order valence-corrected chi connectivity index (χ0v) is 26.2. The number of nitrogens with one attached hydrogen (secondary N) is 4. The third-order valence-corrected chi connectivity index (χ3v) is 8.49. The number of hydrogen-bond donors (Lipinski definition) is 4. The minimum Gasteiger partial charge on any atom is -0.354 e. The average Bonchev–Trinajstić information content (AvgIpc) is 3.53. The summed E-state index contributed by atoms with van der Waals surface area (Å²) in [5.74, 6) is 0.987. The van der Waals surface area contributed by atoms with Crippen LogP contribution in [0.5, 0.6) is 0 Å². The summed E-state index contributed by atoms with van der Waals surface area (Å²) in [5.41, 5.74) is 0. The number of allylic oxidation sites excluding steroid dienone is 12. The van der Waals surface area contributed by atoms with Crippen LogP contribution in [0.2, 0.25) is 0 Å². The van der Waals surface area contributed by atoms with Gasteiger partial charge in [0.15, 0.2) is 0 Å². The van der Waals surface area contributed by atoms with E-state index in [1.54, 1.807) is 0 Å². The molecular formula is C34H52N4O3S. The van der Waals surface area contributed by atoms with E-state index >= 15 is 0 Å². The lowest BCUT2D eigenvalue weighted by Crippen LogP contribution is -2.36. The average molecular weight is 597 g/mol. The molecule has 2 aliphatic heterocycles. The van der Waals surface area contributed by atoms with Gasteiger partial charge in [-0.25, -0.2) is 4.79 Å². The van der Waals surface area contributed by atoms with Crippen molar-refractivity contribution in [3.05, 3.63) is 72.9 Å². The number of thioether (sulfide) groups is 1. The SMILES string of the molecule is CC/C=C\C/C=C\C/C=C\C/C=C\C/C=C\C/C=C\CCC(=O)NCCNC(=O)CCCC[C@@H]1SC[C@@H]2NC(=O)N[C@@H]21. The van der Waals surface area contributed by atoms with Gasteiger partial charge in [0, 0.05) is 36.9 Å². The quantitative estimate of drug-likeness (QED) is 0.0658. The van der Waals surface area contributed by atoms with Gasteiger partial charge in [0.25, 0.3) is 0 Å². The van der Waals surface area contributed by atoms with E-state index < -0.39 is 0 Å². The van der Waals surface area contributed by atoms with E-state index in [0.717, 1.165) is 63.5 Å². The summed E-state index contributed by atoms with van der Waals surface area (Å²) in [6, 6.07) is 0.409. The van der Waals surface area contributed by atoms with Crippen LogP contribution in [-0.2, 0) is 9.59 Å². The van der Waals surface area contributed by atoms with Crippen molar-refractivity contribution in [2.75, 3.05) is 18.8 Å². The molecule has 0 radical (unpaired) electrons. The molecule has 2 aliphatic rings. The minimum atomic E-state index is -0.0597. The first-order valence-corrected chi connectivity index (χ1v) is 16.8. The van der Waals surface area contributed by atoms with Gasteiger partial charge in [-0.05, 0) is 57.8 Å². The molecule has 2 saturated heterocycles. The fourth-order valence-corrected chi connectivity index (χ4v) is 6.25. The van der Waals surface area contributed by atoms with E-state index in [1.165, 1.54) is 0 Å². The zero-order valence-electron chi connectivity index (χ0n) is 25.4. The van der Waals surface area contributed by atoms with E-state index in [9.17, 15) is 14.4 Å². The number of unbranched alkanes of at least 4 members (excludes halogenated alkanes) is 1. The predicted octanol–water partition coefficient (Wildman–Crippen LogP) is 6.42. The van der Waals surface area contributed by atoms with Crippen LogP contribution in [-0.4, -0.2) is 54.0 Å². The predicted molar refractivity (Wildman–Crippen MR) is 177 cm³/mol. The maximum absolute atomic E-state index is 12.0. The molecule has 0 spiro atoms. The van der Waals surface area contributed by atoms with Crippen molar-refractivity contribution in [2.24, 2.45) is 0 Å². The smallest absolute Gasteiger partial charge is 0.315 e. The lowest BCUT2D eigenvalue weighted by atomic mass is 10.0. The Balaban J connectivity index is 1.35. The van der Waals surface area contributed by atoms with Crippen LogP contribution in [0.3, 0.4) is 0 Å². The molecule has 4 N–H and O–H groups in total. The number of carbonyl (C=O) groups excluding carboxylic acids is 3. The second kappa shape index (κ2) is 23.6. The lowest BCUT2D eigenvalue weighted by molar-refractivity contribution is -0.122. The number of rotatable bonds is 22. The van der Waals surface area contributed by atoms with Crippen molar-refractivity contribution in [2.45, 2.75) is 101 Å². The van der Waals surface area contributed by atoms with E-state index in [2.05, 4.69) is 95.0 Å². The molecule has 8 heteroatoms. The summed E-state index contributed by atoms with van der Waals surface area (Å²) >= 11 is 1.90. The third-order valence-electron chi connectivity index (χ3n) is 6.98. The summed E-state index contributed by atoms with van der Waals surface area (Å²) in [5, 5.41) is 12.1. The summed E-state index contributed by atoms with van der Waals surface area (Å²) in [7, 11) is 0. The zero-order chi connectivity index (χ0) is 30.1. The van der Waals surface area contributed by atoms with Gasteiger partial charge in [-0.2, -0.15) is 11.8 Å². The van der Waals surface area contributed by atoms with E-state index in [0.29, 0.717) is 37.6 Å². The highest BCUT2D eigenvalue weighted by Crippen LogP contribution is 2.33. The first-order valence-electron chi connectivity index (χ1n) is 15.7. The maximum Gasteiger partial charge on any atom is 0.315 e. The van der Waals surface area contributed by atoms with Crippen molar-refractivity contribution in [1.29, 1.82) is 0 Å². The van der Waals surface area contributed by atoms with Crippen molar-refractivity contribution in [1.82, 2.24) is 21.3 Å². The van der Waals surface area contributed by atoms with Crippen molar-refractivity contribution >= 4 is 29.6 Å². The molecule has 0 aliphatic carbocycles. The Labute approximate surface area is 257 Å².